The largest absolute Gasteiger partial charge is 0.465 e. The molecule has 0 amide bonds. The number of ether oxygens (including phenoxy) is 1. The van der Waals surface area contributed by atoms with Gasteiger partial charge < -0.3 is 10.1 Å². The summed E-state index contributed by atoms with van der Waals surface area (Å²) in [4.78, 5) is 21.1. The van der Waals surface area contributed by atoms with Crippen molar-refractivity contribution in [3.8, 4) is 11.3 Å². The van der Waals surface area contributed by atoms with Gasteiger partial charge in [-0.05, 0) is 42.0 Å². The minimum absolute atomic E-state index is 0.350. The van der Waals surface area contributed by atoms with Gasteiger partial charge >= 0.3 is 5.97 Å². The summed E-state index contributed by atoms with van der Waals surface area (Å²) in [6.45, 7) is 0. The van der Waals surface area contributed by atoms with Gasteiger partial charge in [-0.3, -0.25) is 0 Å². The number of nitrogens with zero attached hydrogens (tertiary/aromatic N) is 4. The topological polar surface area (TPSA) is 81.4 Å². The fraction of sp³-hybridized carbons (Fsp3) is 0.0769. The zero-order valence-corrected chi connectivity index (χ0v) is 21.1. The van der Waals surface area contributed by atoms with Crippen LogP contribution >= 0.6 is 27.7 Å². The molecule has 5 rings (SSSR count). The van der Waals surface area contributed by atoms with Crippen molar-refractivity contribution >= 4 is 50.9 Å². The molecule has 5 aromatic rings. The van der Waals surface area contributed by atoms with Crippen molar-refractivity contribution < 1.29 is 9.53 Å². The number of carbonyl (C=O) groups excluding carboxylic acids is 1. The first-order valence-electron chi connectivity index (χ1n) is 10.7. The Bertz CT molecular complexity index is 1470. The van der Waals surface area contributed by atoms with E-state index in [4.69, 9.17) is 14.8 Å². The maximum Gasteiger partial charge on any atom is 0.337 e. The molecule has 0 atom stereocenters. The number of halogens is 1. The second kappa shape index (κ2) is 10.3. The number of methoxy groups -OCH3 is 1. The first kappa shape index (κ1) is 23.1. The van der Waals surface area contributed by atoms with Gasteiger partial charge in [0.25, 0.3) is 5.78 Å². The predicted octanol–water partition coefficient (Wildman–Crippen LogP) is 6.38. The number of benzene rings is 3. The van der Waals surface area contributed by atoms with Gasteiger partial charge in [0.15, 0.2) is 0 Å². The Morgan fingerprint density at radius 2 is 1.74 bits per heavy atom. The second-order valence-corrected chi connectivity index (χ2v) is 9.47. The quantitative estimate of drug-likeness (QED) is 0.188. The minimum atomic E-state index is -0.350. The number of nitrogens with one attached hydrogen (secondary N) is 1. The van der Waals surface area contributed by atoms with Crippen LogP contribution in [0.2, 0.25) is 0 Å². The van der Waals surface area contributed by atoms with Crippen LogP contribution in [0.5, 0.6) is 0 Å². The molecule has 2 heterocycles. The number of hydrogen-bond donors (Lipinski definition) is 1. The fourth-order valence-corrected chi connectivity index (χ4v) is 4.48. The number of rotatable bonds is 7. The zero-order chi connectivity index (χ0) is 24.2. The summed E-state index contributed by atoms with van der Waals surface area (Å²) in [5.74, 6) is 1.57. The third kappa shape index (κ3) is 5.36. The molecule has 174 valence electrons. The molecule has 3 aromatic carbocycles. The van der Waals surface area contributed by atoms with E-state index < -0.39 is 0 Å². The highest BCUT2D eigenvalue weighted by Gasteiger charge is 2.14. The van der Waals surface area contributed by atoms with Crippen LogP contribution in [0.3, 0.4) is 0 Å². The average molecular weight is 546 g/mol. The van der Waals surface area contributed by atoms with Crippen molar-refractivity contribution in [1.82, 2.24) is 19.6 Å². The molecule has 0 saturated carbocycles. The smallest absolute Gasteiger partial charge is 0.337 e. The van der Waals surface area contributed by atoms with Gasteiger partial charge in [-0.15, -0.1) is 5.10 Å². The SMILES string of the molecule is COC(=O)c1ccc(CSc2nc3nc(-c4ccccc4)cc(Nc4ccc(Br)cc4)n3n2)cc1. The van der Waals surface area contributed by atoms with Crippen molar-refractivity contribution in [2.45, 2.75) is 10.9 Å². The number of anilines is 2. The van der Waals surface area contributed by atoms with Gasteiger partial charge in [-0.1, -0.05) is 70.2 Å². The molecule has 0 unspecified atom stereocenters. The molecule has 35 heavy (non-hydrogen) atoms. The van der Waals surface area contributed by atoms with Gasteiger partial charge in [0.05, 0.1) is 18.4 Å². The standard InChI is InChI=1S/C26H20BrN5O2S/c1-34-24(33)19-9-7-17(8-10-19)16-35-26-30-25-29-22(18-5-3-2-4-6-18)15-23(32(25)31-26)28-21-13-11-20(27)12-14-21/h2-15,28H,16H2,1H3. The Morgan fingerprint density at radius 3 is 2.46 bits per heavy atom. The van der Waals surface area contributed by atoms with E-state index in [1.165, 1.54) is 18.9 Å². The number of aromatic nitrogens is 4. The number of fused-ring (bicyclic) bond motifs is 1. The summed E-state index contributed by atoms with van der Waals surface area (Å²) in [6.07, 6.45) is 0. The Balaban J connectivity index is 1.45. The molecule has 7 nitrogen and oxygen atoms in total. The third-order valence-electron chi connectivity index (χ3n) is 5.22. The summed E-state index contributed by atoms with van der Waals surface area (Å²) >= 11 is 4.98. The average Bonchev–Trinajstić information content (AvgIpc) is 3.32. The van der Waals surface area contributed by atoms with E-state index in [1.54, 1.807) is 16.6 Å². The summed E-state index contributed by atoms with van der Waals surface area (Å²) in [5.41, 5.74) is 4.30. The van der Waals surface area contributed by atoms with Gasteiger partial charge in [0.1, 0.15) is 5.82 Å². The second-order valence-electron chi connectivity index (χ2n) is 7.61. The van der Waals surface area contributed by atoms with Crippen LogP contribution in [0.1, 0.15) is 15.9 Å². The van der Waals surface area contributed by atoms with E-state index >= 15 is 0 Å². The molecule has 0 spiro atoms. The van der Waals surface area contributed by atoms with E-state index in [1.807, 2.05) is 72.8 Å². The molecule has 0 bridgehead atoms. The third-order valence-corrected chi connectivity index (χ3v) is 6.66. The van der Waals surface area contributed by atoms with E-state index in [2.05, 4.69) is 26.2 Å². The lowest BCUT2D eigenvalue weighted by molar-refractivity contribution is 0.0600. The zero-order valence-electron chi connectivity index (χ0n) is 18.7. The lowest BCUT2D eigenvalue weighted by Crippen LogP contribution is -2.02. The van der Waals surface area contributed by atoms with Crippen molar-refractivity contribution in [3.05, 3.63) is 101 Å². The van der Waals surface area contributed by atoms with Crippen molar-refractivity contribution in [2.75, 3.05) is 12.4 Å². The molecular formula is C26H20BrN5O2S. The van der Waals surface area contributed by atoms with E-state index in [0.717, 1.165) is 32.8 Å². The Labute approximate surface area is 214 Å². The maximum atomic E-state index is 11.6. The van der Waals surface area contributed by atoms with Crippen LogP contribution in [-0.2, 0) is 10.5 Å². The molecule has 0 saturated heterocycles. The van der Waals surface area contributed by atoms with Crippen LogP contribution < -0.4 is 5.32 Å². The fourth-order valence-electron chi connectivity index (χ4n) is 3.44. The van der Waals surface area contributed by atoms with Crippen LogP contribution in [0.25, 0.3) is 17.0 Å². The number of hydrogen-bond acceptors (Lipinski definition) is 7. The highest BCUT2D eigenvalue weighted by atomic mass is 79.9. The number of thioether (sulfide) groups is 1. The monoisotopic (exact) mass is 545 g/mol. The van der Waals surface area contributed by atoms with Crippen LogP contribution in [0, 0.1) is 0 Å². The lowest BCUT2D eigenvalue weighted by atomic mass is 10.1. The summed E-state index contributed by atoms with van der Waals surface area (Å²) in [5, 5.41) is 8.75. The highest BCUT2D eigenvalue weighted by molar-refractivity contribution is 9.10. The molecule has 0 aliphatic rings. The maximum absolute atomic E-state index is 11.6. The highest BCUT2D eigenvalue weighted by Crippen LogP contribution is 2.27. The summed E-state index contributed by atoms with van der Waals surface area (Å²) < 4.78 is 7.48. The molecule has 2 aromatic heterocycles. The van der Waals surface area contributed by atoms with Gasteiger partial charge in [-0.2, -0.15) is 9.50 Å². The van der Waals surface area contributed by atoms with Crippen molar-refractivity contribution in [2.24, 2.45) is 0 Å². The van der Waals surface area contributed by atoms with Crippen LogP contribution in [0.15, 0.2) is 94.6 Å². The Kier molecular flexibility index (Phi) is 6.78. The van der Waals surface area contributed by atoms with Crippen LogP contribution in [0.4, 0.5) is 11.5 Å². The molecule has 1 N–H and O–H groups in total. The van der Waals surface area contributed by atoms with Gasteiger partial charge in [-0.25, -0.2) is 9.78 Å². The normalized spacial score (nSPS) is 10.9. The van der Waals surface area contributed by atoms with Gasteiger partial charge in [0.2, 0.25) is 5.16 Å². The minimum Gasteiger partial charge on any atom is -0.465 e. The van der Waals surface area contributed by atoms with Crippen molar-refractivity contribution in [1.29, 1.82) is 0 Å². The van der Waals surface area contributed by atoms with Crippen LogP contribution in [-0.4, -0.2) is 32.7 Å². The van der Waals surface area contributed by atoms with E-state index in [0.29, 0.717) is 22.3 Å². The molecule has 0 aliphatic carbocycles. The Morgan fingerprint density at radius 1 is 1.00 bits per heavy atom. The molecular weight excluding hydrogens is 526 g/mol. The number of esters is 1. The molecule has 0 aliphatic heterocycles. The lowest BCUT2D eigenvalue weighted by Gasteiger charge is -2.10. The van der Waals surface area contributed by atoms with Crippen molar-refractivity contribution in [3.63, 3.8) is 0 Å². The first-order valence-corrected chi connectivity index (χ1v) is 12.5. The summed E-state index contributed by atoms with van der Waals surface area (Å²) in [7, 11) is 1.37. The van der Waals surface area contributed by atoms with E-state index in [9.17, 15) is 4.79 Å². The van der Waals surface area contributed by atoms with Gasteiger partial charge in [0, 0.05) is 27.5 Å². The Hall–Kier alpha value is -3.69. The first-order chi connectivity index (χ1) is 17.1. The van der Waals surface area contributed by atoms with E-state index in [-0.39, 0.29) is 5.97 Å². The number of carbonyl (C=O) groups is 1. The molecule has 0 fully saturated rings. The molecule has 0 radical (unpaired) electrons. The molecule has 9 heteroatoms. The summed E-state index contributed by atoms with van der Waals surface area (Å²) in [6, 6.07) is 27.2. The predicted molar refractivity (Wildman–Crippen MR) is 141 cm³/mol.